The molecule has 1 aliphatic rings. The van der Waals surface area contributed by atoms with Gasteiger partial charge in [0.25, 0.3) is 5.56 Å². The lowest BCUT2D eigenvalue weighted by atomic mass is 10.1. The third-order valence-electron chi connectivity index (χ3n) is 3.37. The van der Waals surface area contributed by atoms with Crippen LogP contribution in [0.1, 0.15) is 25.1 Å². The minimum atomic E-state index is -4.39. The predicted molar refractivity (Wildman–Crippen MR) is 76.4 cm³/mol. The van der Waals surface area contributed by atoms with Crippen molar-refractivity contribution >= 4 is 7.60 Å². The van der Waals surface area contributed by atoms with Gasteiger partial charge >= 0.3 is 13.3 Å². The maximum Gasteiger partial charge on any atom is 0.349 e. The molecule has 0 bridgehead atoms. The van der Waals surface area contributed by atoms with E-state index < -0.39 is 37.3 Å². The fraction of sp³-hybridized carbons (Fsp3) is 0.500. The Bertz CT molecular complexity index is 759. The average molecular weight is 332 g/mol. The molecule has 10 heteroatoms. The first kappa shape index (κ1) is 16.9. The van der Waals surface area contributed by atoms with Crippen LogP contribution < -0.4 is 11.2 Å². The van der Waals surface area contributed by atoms with E-state index in [4.69, 9.17) is 14.5 Å². The van der Waals surface area contributed by atoms with Gasteiger partial charge in [0.2, 0.25) is 0 Å². The molecule has 4 N–H and O–H groups in total. The summed E-state index contributed by atoms with van der Waals surface area (Å²) in [5.41, 5.74) is -0.694. The molecule has 1 fully saturated rings. The molecule has 0 unspecified atom stereocenters. The first-order chi connectivity index (χ1) is 10.1. The second-order valence-electron chi connectivity index (χ2n) is 5.26. The molecule has 2 heterocycles. The Balaban J connectivity index is 2.30. The van der Waals surface area contributed by atoms with Crippen molar-refractivity contribution in [2.45, 2.75) is 38.7 Å². The van der Waals surface area contributed by atoms with Gasteiger partial charge in [0.1, 0.15) is 12.3 Å². The van der Waals surface area contributed by atoms with Crippen molar-refractivity contribution in [3.05, 3.63) is 44.0 Å². The van der Waals surface area contributed by atoms with E-state index in [1.54, 1.807) is 0 Å². The van der Waals surface area contributed by atoms with Crippen molar-refractivity contribution in [2.24, 2.45) is 0 Å². The van der Waals surface area contributed by atoms with Crippen LogP contribution in [-0.4, -0.2) is 36.7 Å². The number of aryl methyl sites for hydroxylation is 1. The van der Waals surface area contributed by atoms with Gasteiger partial charge in [-0.2, -0.15) is 0 Å². The molecular formula is C12H17N2O7P. The van der Waals surface area contributed by atoms with Crippen molar-refractivity contribution in [1.82, 2.24) is 9.55 Å². The van der Waals surface area contributed by atoms with Gasteiger partial charge < -0.3 is 19.6 Å². The molecule has 2 rings (SSSR count). The molecule has 3 atom stereocenters. The van der Waals surface area contributed by atoms with E-state index in [-0.39, 0.29) is 12.0 Å². The van der Waals surface area contributed by atoms with Crippen LogP contribution in [0, 0.1) is 6.92 Å². The molecule has 0 radical (unpaired) electrons. The number of aromatic amines is 1. The smallest absolute Gasteiger partial charge is 0.349 e. The second kappa shape index (κ2) is 5.94. The Morgan fingerprint density at radius 2 is 2.14 bits per heavy atom. The zero-order chi connectivity index (χ0) is 16.7. The first-order valence-corrected chi connectivity index (χ1v) is 8.17. The molecule has 1 aromatic rings. The number of aliphatic hydroxyl groups excluding tert-OH is 1. The highest BCUT2D eigenvalue weighted by Gasteiger charge is 2.37. The maximum absolute atomic E-state index is 11.8. The molecule has 0 aliphatic carbocycles. The summed E-state index contributed by atoms with van der Waals surface area (Å²) in [4.78, 5) is 43.1. The summed E-state index contributed by atoms with van der Waals surface area (Å²) >= 11 is 0. The fourth-order valence-electron chi connectivity index (χ4n) is 2.37. The van der Waals surface area contributed by atoms with Crippen LogP contribution in [0.5, 0.6) is 0 Å². The van der Waals surface area contributed by atoms with E-state index in [1.165, 1.54) is 20.0 Å². The standard InChI is InChI=1S/C12H17N2O7P/c1-6-4-14(12(17)13-11(6)16)9-3-8(15)10(21-9)7(2)5-22(18,19)20/h4-5,8-10,15H,3H2,1-2H3,(H,13,16,17)(H2,18,19,20)/b7-5+/t8-,9-,10-/m1/s1. The Kier molecular flexibility index (Phi) is 4.55. The predicted octanol–water partition coefficient (Wildman–Crippen LogP) is -0.425. The number of hydrogen-bond acceptors (Lipinski definition) is 5. The van der Waals surface area contributed by atoms with Crippen LogP contribution in [0.3, 0.4) is 0 Å². The molecule has 22 heavy (non-hydrogen) atoms. The van der Waals surface area contributed by atoms with E-state index >= 15 is 0 Å². The zero-order valence-corrected chi connectivity index (χ0v) is 12.9. The summed E-state index contributed by atoms with van der Waals surface area (Å²) in [5, 5.41) is 10.00. The third-order valence-corrected chi connectivity index (χ3v) is 4.12. The highest BCUT2D eigenvalue weighted by molar-refractivity contribution is 7.55. The second-order valence-corrected chi connectivity index (χ2v) is 6.69. The fourth-order valence-corrected chi connectivity index (χ4v) is 3.05. The highest BCUT2D eigenvalue weighted by Crippen LogP contribution is 2.40. The van der Waals surface area contributed by atoms with Crippen molar-refractivity contribution in [3.63, 3.8) is 0 Å². The first-order valence-electron chi connectivity index (χ1n) is 6.48. The molecule has 0 saturated carbocycles. The third kappa shape index (κ3) is 3.63. The quantitative estimate of drug-likeness (QED) is 0.550. The Morgan fingerprint density at radius 3 is 2.73 bits per heavy atom. The van der Waals surface area contributed by atoms with E-state index in [0.29, 0.717) is 5.56 Å². The van der Waals surface area contributed by atoms with Gasteiger partial charge in [-0.25, -0.2) is 4.79 Å². The lowest BCUT2D eigenvalue weighted by Gasteiger charge is -2.17. The Hall–Kier alpha value is -1.51. The molecule has 0 aromatic carbocycles. The van der Waals surface area contributed by atoms with Gasteiger partial charge in [-0.05, 0) is 19.4 Å². The van der Waals surface area contributed by atoms with E-state index in [0.717, 1.165) is 10.4 Å². The molecule has 0 spiro atoms. The molecule has 0 amide bonds. The van der Waals surface area contributed by atoms with E-state index in [2.05, 4.69) is 4.98 Å². The van der Waals surface area contributed by atoms with Gasteiger partial charge in [0.05, 0.1) is 6.10 Å². The number of aromatic nitrogens is 2. The van der Waals surface area contributed by atoms with Crippen LogP contribution >= 0.6 is 7.60 Å². The summed E-state index contributed by atoms with van der Waals surface area (Å²) in [6.07, 6.45) is -1.40. The SMILES string of the molecule is C/C(=C\P(=O)(O)O)[C@H]1O[C@@H](n2cc(C)c(=O)[nH]c2=O)C[C@H]1O. The van der Waals surface area contributed by atoms with Crippen LogP contribution in [-0.2, 0) is 9.30 Å². The molecule has 1 aliphatic heterocycles. The van der Waals surface area contributed by atoms with Crippen LogP contribution in [0.25, 0.3) is 0 Å². The largest absolute Gasteiger partial charge is 0.390 e. The van der Waals surface area contributed by atoms with Gasteiger partial charge in [0.15, 0.2) is 0 Å². The normalized spacial score (nSPS) is 26.4. The lowest BCUT2D eigenvalue weighted by molar-refractivity contribution is -0.00103. The Morgan fingerprint density at radius 1 is 1.50 bits per heavy atom. The average Bonchev–Trinajstić information content (AvgIpc) is 2.73. The van der Waals surface area contributed by atoms with Crippen LogP contribution in [0.4, 0.5) is 0 Å². The van der Waals surface area contributed by atoms with Crippen molar-refractivity contribution in [1.29, 1.82) is 0 Å². The Labute approximate surface area is 125 Å². The van der Waals surface area contributed by atoms with E-state index in [1.807, 2.05) is 0 Å². The van der Waals surface area contributed by atoms with Crippen molar-refractivity contribution in [2.75, 3.05) is 0 Å². The summed E-state index contributed by atoms with van der Waals surface area (Å²) in [6, 6.07) is 0. The molecule has 1 saturated heterocycles. The number of aliphatic hydroxyl groups is 1. The summed E-state index contributed by atoms with van der Waals surface area (Å²) in [7, 11) is -4.39. The van der Waals surface area contributed by atoms with Gasteiger partial charge in [-0.15, -0.1) is 0 Å². The number of ether oxygens (including phenoxy) is 1. The van der Waals surface area contributed by atoms with Crippen LogP contribution in [0.2, 0.25) is 0 Å². The monoisotopic (exact) mass is 332 g/mol. The van der Waals surface area contributed by atoms with E-state index in [9.17, 15) is 19.3 Å². The summed E-state index contributed by atoms with van der Waals surface area (Å²) < 4.78 is 17.6. The highest BCUT2D eigenvalue weighted by atomic mass is 31.2. The summed E-state index contributed by atoms with van der Waals surface area (Å²) in [6.45, 7) is 2.95. The topological polar surface area (TPSA) is 142 Å². The minimum Gasteiger partial charge on any atom is -0.390 e. The van der Waals surface area contributed by atoms with Crippen LogP contribution in [0.15, 0.2) is 27.2 Å². The van der Waals surface area contributed by atoms with Crippen molar-refractivity contribution in [3.8, 4) is 0 Å². The number of rotatable bonds is 3. The zero-order valence-electron chi connectivity index (χ0n) is 12.0. The molecule has 1 aromatic heterocycles. The number of nitrogens with one attached hydrogen (secondary N) is 1. The summed E-state index contributed by atoms with van der Waals surface area (Å²) in [5.74, 6) is 0.726. The number of nitrogens with zero attached hydrogens (tertiary/aromatic N) is 1. The minimum absolute atomic E-state index is 0.0579. The van der Waals surface area contributed by atoms with Gasteiger partial charge in [-0.1, -0.05) is 0 Å². The maximum atomic E-state index is 11.8. The molecule has 9 nitrogen and oxygen atoms in total. The lowest BCUT2D eigenvalue weighted by Crippen LogP contribution is -2.33. The number of hydrogen-bond donors (Lipinski definition) is 4. The van der Waals surface area contributed by atoms with Crippen molar-refractivity contribution < 1.29 is 24.2 Å². The van der Waals surface area contributed by atoms with Gasteiger partial charge in [0, 0.05) is 24.0 Å². The molecular weight excluding hydrogens is 315 g/mol. The molecule has 122 valence electrons. The number of H-pyrrole nitrogens is 1. The van der Waals surface area contributed by atoms with Gasteiger partial charge in [-0.3, -0.25) is 18.9 Å².